The molecule has 2 aromatic rings. The Morgan fingerprint density at radius 3 is 2.70 bits per heavy atom. The zero-order valence-corrected chi connectivity index (χ0v) is 21.3. The van der Waals surface area contributed by atoms with Crippen LogP contribution in [0.1, 0.15) is 48.0 Å². The summed E-state index contributed by atoms with van der Waals surface area (Å²) in [6.07, 6.45) is 6.04. The standard InChI is InChI=1S/C29H36FN3O4/c30-27-17-23(3-6-28(27)32-11-8-22(18-32)31-21-9-14-35-15-10-21)33-12-7-20-16-24(4-5-26(20)29(33)34)37-19-25-2-1-13-36-25/h3-6,16-17,21-22,25,31H,1-2,7-15,18-19H2. The van der Waals surface area contributed by atoms with Crippen LogP contribution in [0.3, 0.4) is 0 Å². The molecule has 198 valence electrons. The summed E-state index contributed by atoms with van der Waals surface area (Å²) >= 11 is 0. The second kappa shape index (κ2) is 11.0. The Bertz CT molecular complexity index is 1120. The molecule has 2 unspecified atom stereocenters. The number of carbonyl (C=O) groups excluding carboxylic acids is 1. The molecule has 0 saturated carbocycles. The number of benzene rings is 2. The lowest BCUT2D eigenvalue weighted by atomic mass is 9.98. The van der Waals surface area contributed by atoms with Crippen LogP contribution in [0.5, 0.6) is 5.75 Å². The van der Waals surface area contributed by atoms with E-state index in [1.165, 1.54) is 6.07 Å². The van der Waals surface area contributed by atoms with E-state index in [4.69, 9.17) is 14.2 Å². The van der Waals surface area contributed by atoms with Crippen molar-refractivity contribution in [3.05, 3.63) is 53.3 Å². The van der Waals surface area contributed by atoms with E-state index in [1.807, 2.05) is 30.3 Å². The van der Waals surface area contributed by atoms with Crippen molar-refractivity contribution in [1.82, 2.24) is 5.32 Å². The molecule has 2 atom stereocenters. The molecule has 3 saturated heterocycles. The van der Waals surface area contributed by atoms with E-state index in [0.29, 0.717) is 48.6 Å². The van der Waals surface area contributed by atoms with Gasteiger partial charge >= 0.3 is 0 Å². The second-order valence-electron chi connectivity index (χ2n) is 10.6. The van der Waals surface area contributed by atoms with Gasteiger partial charge in [-0.1, -0.05) is 0 Å². The molecule has 7 nitrogen and oxygen atoms in total. The molecule has 4 aliphatic rings. The SMILES string of the molecule is O=C1c2ccc(OCC3CCCO3)cc2CCN1c1ccc(N2CCC(NC3CCOCC3)C2)c(F)c1. The van der Waals surface area contributed by atoms with E-state index in [2.05, 4.69) is 10.2 Å². The van der Waals surface area contributed by atoms with Gasteiger partial charge in [-0.05, 0) is 80.5 Å². The maximum Gasteiger partial charge on any atom is 0.258 e. The maximum absolute atomic E-state index is 15.3. The highest BCUT2D eigenvalue weighted by molar-refractivity contribution is 6.08. The summed E-state index contributed by atoms with van der Waals surface area (Å²) in [7, 11) is 0. The Kier molecular flexibility index (Phi) is 7.31. The molecule has 8 heteroatoms. The minimum Gasteiger partial charge on any atom is -0.491 e. The van der Waals surface area contributed by atoms with Gasteiger partial charge in [0.2, 0.25) is 0 Å². The summed E-state index contributed by atoms with van der Waals surface area (Å²) in [5, 5.41) is 3.73. The van der Waals surface area contributed by atoms with E-state index < -0.39 is 0 Å². The number of anilines is 2. The summed E-state index contributed by atoms with van der Waals surface area (Å²) in [5.41, 5.74) is 2.84. The van der Waals surface area contributed by atoms with Crippen molar-refractivity contribution in [3.63, 3.8) is 0 Å². The fourth-order valence-corrected chi connectivity index (χ4v) is 6.00. The minimum atomic E-state index is -0.277. The largest absolute Gasteiger partial charge is 0.491 e. The Morgan fingerprint density at radius 1 is 1.00 bits per heavy atom. The third-order valence-corrected chi connectivity index (χ3v) is 8.08. The van der Waals surface area contributed by atoms with Crippen molar-refractivity contribution in [1.29, 1.82) is 0 Å². The quantitative estimate of drug-likeness (QED) is 0.610. The van der Waals surface area contributed by atoms with Crippen LogP contribution < -0.4 is 19.9 Å². The molecular weight excluding hydrogens is 473 g/mol. The molecule has 0 radical (unpaired) electrons. The predicted molar refractivity (Wildman–Crippen MR) is 140 cm³/mol. The lowest BCUT2D eigenvalue weighted by molar-refractivity contribution is 0.0679. The molecule has 0 aromatic heterocycles. The van der Waals surface area contributed by atoms with E-state index in [9.17, 15) is 4.79 Å². The van der Waals surface area contributed by atoms with Crippen LogP contribution in [0.4, 0.5) is 15.8 Å². The molecule has 4 heterocycles. The van der Waals surface area contributed by atoms with Crippen LogP contribution in [0.25, 0.3) is 0 Å². The molecule has 1 amide bonds. The molecule has 0 spiro atoms. The lowest BCUT2D eigenvalue weighted by Gasteiger charge is -2.30. The van der Waals surface area contributed by atoms with Gasteiger partial charge in [-0.15, -0.1) is 0 Å². The van der Waals surface area contributed by atoms with E-state index in [0.717, 1.165) is 76.3 Å². The number of hydrogen-bond donors (Lipinski definition) is 1. The number of rotatable bonds is 7. The van der Waals surface area contributed by atoms with Crippen molar-refractivity contribution in [2.75, 3.05) is 55.9 Å². The van der Waals surface area contributed by atoms with Gasteiger partial charge in [0.05, 0.1) is 11.8 Å². The Morgan fingerprint density at radius 2 is 1.89 bits per heavy atom. The molecular formula is C29H36FN3O4. The third-order valence-electron chi connectivity index (χ3n) is 8.08. The van der Waals surface area contributed by atoms with Gasteiger partial charge in [0.15, 0.2) is 0 Å². The first-order valence-electron chi connectivity index (χ1n) is 13.7. The van der Waals surface area contributed by atoms with E-state index >= 15 is 4.39 Å². The Balaban J connectivity index is 1.09. The van der Waals surface area contributed by atoms with Gasteiger partial charge in [0, 0.05) is 62.8 Å². The molecule has 4 aliphatic heterocycles. The zero-order chi connectivity index (χ0) is 25.2. The smallest absolute Gasteiger partial charge is 0.258 e. The highest BCUT2D eigenvalue weighted by atomic mass is 19.1. The molecule has 37 heavy (non-hydrogen) atoms. The number of ether oxygens (including phenoxy) is 3. The van der Waals surface area contributed by atoms with Gasteiger partial charge in [-0.25, -0.2) is 4.39 Å². The average molecular weight is 510 g/mol. The summed E-state index contributed by atoms with van der Waals surface area (Å²) in [5.74, 6) is 0.391. The average Bonchev–Trinajstić information content (AvgIpc) is 3.61. The summed E-state index contributed by atoms with van der Waals surface area (Å²) in [6.45, 7) is 5.10. The van der Waals surface area contributed by atoms with Crippen molar-refractivity contribution in [2.45, 2.75) is 56.7 Å². The molecule has 0 aliphatic carbocycles. The lowest BCUT2D eigenvalue weighted by Crippen LogP contribution is -2.43. The molecule has 0 bridgehead atoms. The van der Waals surface area contributed by atoms with Crippen LogP contribution in [-0.2, 0) is 15.9 Å². The van der Waals surface area contributed by atoms with Gasteiger partial charge in [-0.2, -0.15) is 0 Å². The van der Waals surface area contributed by atoms with Crippen molar-refractivity contribution in [2.24, 2.45) is 0 Å². The zero-order valence-electron chi connectivity index (χ0n) is 21.3. The number of nitrogens with one attached hydrogen (secondary N) is 1. The Labute approximate surface area is 217 Å². The molecule has 1 N–H and O–H groups in total. The van der Waals surface area contributed by atoms with Crippen LogP contribution >= 0.6 is 0 Å². The molecule has 6 rings (SSSR count). The van der Waals surface area contributed by atoms with Crippen molar-refractivity contribution in [3.8, 4) is 5.75 Å². The third kappa shape index (κ3) is 5.47. The van der Waals surface area contributed by atoms with Crippen LogP contribution in [-0.4, -0.2) is 70.2 Å². The number of halogens is 1. The number of amides is 1. The van der Waals surface area contributed by atoms with Gasteiger partial charge in [0.1, 0.15) is 18.2 Å². The fraction of sp³-hybridized carbons (Fsp3) is 0.552. The number of hydrogen-bond acceptors (Lipinski definition) is 6. The van der Waals surface area contributed by atoms with Crippen LogP contribution in [0, 0.1) is 5.82 Å². The minimum absolute atomic E-state index is 0.0963. The normalized spacial score (nSPS) is 24.5. The van der Waals surface area contributed by atoms with Crippen LogP contribution in [0.2, 0.25) is 0 Å². The van der Waals surface area contributed by atoms with Gasteiger partial charge in [0.25, 0.3) is 5.91 Å². The van der Waals surface area contributed by atoms with Crippen molar-refractivity contribution >= 4 is 17.3 Å². The highest BCUT2D eigenvalue weighted by Crippen LogP contribution is 2.32. The predicted octanol–water partition coefficient (Wildman–Crippen LogP) is 3.93. The first-order valence-corrected chi connectivity index (χ1v) is 13.7. The summed E-state index contributed by atoms with van der Waals surface area (Å²) in [4.78, 5) is 17.1. The monoisotopic (exact) mass is 509 g/mol. The first kappa shape index (κ1) is 24.6. The number of nitrogens with zero attached hydrogens (tertiary/aromatic N) is 2. The van der Waals surface area contributed by atoms with Gasteiger partial charge < -0.3 is 29.3 Å². The number of carbonyl (C=O) groups is 1. The first-order chi connectivity index (χ1) is 18.1. The van der Waals surface area contributed by atoms with E-state index in [1.54, 1.807) is 4.90 Å². The number of fused-ring (bicyclic) bond motifs is 1. The van der Waals surface area contributed by atoms with Gasteiger partial charge in [-0.3, -0.25) is 4.79 Å². The molecule has 3 fully saturated rings. The maximum atomic E-state index is 15.3. The summed E-state index contributed by atoms with van der Waals surface area (Å²) in [6, 6.07) is 11.7. The summed E-state index contributed by atoms with van der Waals surface area (Å²) < 4.78 is 32.3. The van der Waals surface area contributed by atoms with E-state index in [-0.39, 0.29) is 17.8 Å². The van der Waals surface area contributed by atoms with Crippen LogP contribution in [0.15, 0.2) is 36.4 Å². The van der Waals surface area contributed by atoms with Crippen molar-refractivity contribution < 1.29 is 23.4 Å². The topological polar surface area (TPSA) is 63.3 Å². The fourth-order valence-electron chi connectivity index (χ4n) is 6.00. The highest BCUT2D eigenvalue weighted by Gasteiger charge is 2.29. The second-order valence-corrected chi connectivity index (χ2v) is 10.6. The molecule has 2 aromatic carbocycles. The Hall–Kier alpha value is -2.68.